The molecule has 3 amide bonds. The van der Waals surface area contributed by atoms with Gasteiger partial charge in [0.2, 0.25) is 5.91 Å². The van der Waals surface area contributed by atoms with Crippen LogP contribution in [0.15, 0.2) is 0 Å². The number of amides is 3. The predicted molar refractivity (Wildman–Crippen MR) is 116 cm³/mol. The predicted octanol–water partition coefficient (Wildman–Crippen LogP) is 0.952. The van der Waals surface area contributed by atoms with Crippen LogP contribution in [0.5, 0.6) is 0 Å². The largest absolute Gasteiger partial charge is 0.480 e. The summed E-state index contributed by atoms with van der Waals surface area (Å²) in [5, 5.41) is 17.1. The molecule has 0 bridgehead atoms. The lowest BCUT2D eigenvalue weighted by Gasteiger charge is -2.37. The van der Waals surface area contributed by atoms with Crippen molar-refractivity contribution in [2.45, 2.75) is 90.6 Å². The van der Waals surface area contributed by atoms with E-state index in [-0.39, 0.29) is 36.2 Å². The van der Waals surface area contributed by atoms with Gasteiger partial charge in [-0.3, -0.25) is 14.4 Å². The molecule has 1 saturated carbocycles. The number of rotatable bonds is 10. The third kappa shape index (κ3) is 7.33. The first-order valence-electron chi connectivity index (χ1n) is 11.3. The number of alkyl carbamates (subject to hydrolysis) is 1. The van der Waals surface area contributed by atoms with E-state index in [0.29, 0.717) is 6.42 Å². The van der Waals surface area contributed by atoms with Gasteiger partial charge in [0, 0.05) is 6.04 Å². The number of nitrogens with one attached hydrogen (secondary N) is 3. The second kappa shape index (κ2) is 10.4. The van der Waals surface area contributed by atoms with E-state index < -0.39 is 47.7 Å². The Hall–Kier alpha value is -2.85. The monoisotopic (exact) mass is 469 g/mol. The first-order chi connectivity index (χ1) is 15.2. The highest BCUT2D eigenvalue weighted by Crippen LogP contribution is 2.37. The SMILES string of the molecule is CCC(C)C1C(=O)OC1C(=O)NC1CC1CC(NC(=O)C(C)NC(=O)OC(C)(C)C)C(=O)O. The molecule has 2 rings (SSSR count). The van der Waals surface area contributed by atoms with Crippen LogP contribution in [0.25, 0.3) is 0 Å². The van der Waals surface area contributed by atoms with Gasteiger partial charge in [-0.15, -0.1) is 0 Å². The Kier molecular flexibility index (Phi) is 8.31. The molecule has 0 spiro atoms. The van der Waals surface area contributed by atoms with Gasteiger partial charge < -0.3 is 30.5 Å². The molecule has 11 heteroatoms. The molecule has 4 N–H and O–H groups in total. The molecule has 1 aliphatic heterocycles. The summed E-state index contributed by atoms with van der Waals surface area (Å²) in [6.45, 7) is 10.3. The van der Waals surface area contributed by atoms with Gasteiger partial charge in [-0.2, -0.15) is 0 Å². The summed E-state index contributed by atoms with van der Waals surface area (Å²) in [6, 6.07) is -2.42. The molecule has 1 aliphatic carbocycles. The minimum atomic E-state index is -1.21. The molecular weight excluding hydrogens is 434 g/mol. The fourth-order valence-electron chi connectivity index (χ4n) is 3.65. The van der Waals surface area contributed by atoms with Crippen LogP contribution < -0.4 is 16.0 Å². The second-order valence-corrected chi connectivity index (χ2v) is 9.88. The zero-order chi connectivity index (χ0) is 25.1. The Bertz CT molecular complexity index is 793. The number of carboxylic acids is 1. The van der Waals surface area contributed by atoms with Gasteiger partial charge in [0.05, 0.1) is 0 Å². The quantitative estimate of drug-likeness (QED) is 0.344. The Morgan fingerprint density at radius 3 is 2.33 bits per heavy atom. The zero-order valence-corrected chi connectivity index (χ0v) is 20.0. The van der Waals surface area contributed by atoms with E-state index in [4.69, 9.17) is 9.47 Å². The van der Waals surface area contributed by atoms with Crippen LogP contribution in [-0.4, -0.2) is 64.8 Å². The van der Waals surface area contributed by atoms with Gasteiger partial charge in [-0.05, 0) is 52.4 Å². The molecule has 7 atom stereocenters. The summed E-state index contributed by atoms with van der Waals surface area (Å²) in [6.07, 6.45) is -0.176. The number of ether oxygens (including phenoxy) is 2. The molecule has 2 fully saturated rings. The summed E-state index contributed by atoms with van der Waals surface area (Å²) in [5.41, 5.74) is -0.734. The van der Waals surface area contributed by atoms with Crippen molar-refractivity contribution in [3.8, 4) is 0 Å². The van der Waals surface area contributed by atoms with Crippen molar-refractivity contribution >= 4 is 29.8 Å². The number of esters is 1. The van der Waals surface area contributed by atoms with Crippen molar-refractivity contribution in [1.29, 1.82) is 0 Å². The highest BCUT2D eigenvalue weighted by Gasteiger charge is 2.51. The lowest BCUT2D eigenvalue weighted by molar-refractivity contribution is -0.193. The van der Waals surface area contributed by atoms with Gasteiger partial charge in [0.15, 0.2) is 6.10 Å². The number of aliphatic carboxylic acids is 1. The Morgan fingerprint density at radius 2 is 1.82 bits per heavy atom. The van der Waals surface area contributed by atoms with Crippen LogP contribution in [0.1, 0.15) is 60.8 Å². The van der Waals surface area contributed by atoms with Crippen molar-refractivity contribution in [3.63, 3.8) is 0 Å². The summed E-state index contributed by atoms with van der Waals surface area (Å²) >= 11 is 0. The van der Waals surface area contributed by atoms with E-state index in [2.05, 4.69) is 16.0 Å². The summed E-state index contributed by atoms with van der Waals surface area (Å²) in [4.78, 5) is 59.9. The Labute approximate surface area is 193 Å². The van der Waals surface area contributed by atoms with E-state index >= 15 is 0 Å². The zero-order valence-electron chi connectivity index (χ0n) is 20.0. The molecule has 186 valence electrons. The van der Waals surface area contributed by atoms with E-state index in [9.17, 15) is 29.1 Å². The molecule has 1 heterocycles. The molecule has 2 aliphatic rings. The van der Waals surface area contributed by atoms with Crippen molar-refractivity contribution in [2.75, 3.05) is 0 Å². The average molecular weight is 470 g/mol. The lowest BCUT2D eigenvalue weighted by atomic mass is 9.83. The van der Waals surface area contributed by atoms with E-state index in [1.165, 1.54) is 6.92 Å². The molecule has 33 heavy (non-hydrogen) atoms. The van der Waals surface area contributed by atoms with Gasteiger partial charge in [-0.1, -0.05) is 20.3 Å². The highest BCUT2D eigenvalue weighted by molar-refractivity contribution is 5.94. The maximum atomic E-state index is 12.5. The number of hydrogen-bond acceptors (Lipinski definition) is 7. The molecule has 1 saturated heterocycles. The minimum Gasteiger partial charge on any atom is -0.480 e. The summed E-state index contributed by atoms with van der Waals surface area (Å²) in [5.74, 6) is -3.20. The number of carboxylic acid groups (broad SMARTS) is 1. The van der Waals surface area contributed by atoms with Gasteiger partial charge in [0.25, 0.3) is 5.91 Å². The first kappa shape index (κ1) is 26.4. The number of carbonyl (C=O) groups is 5. The van der Waals surface area contributed by atoms with E-state index in [0.717, 1.165) is 6.42 Å². The van der Waals surface area contributed by atoms with E-state index in [1.54, 1.807) is 20.8 Å². The molecular formula is C22H35N3O8. The van der Waals surface area contributed by atoms with Crippen molar-refractivity contribution < 1.29 is 38.6 Å². The highest BCUT2D eigenvalue weighted by atomic mass is 16.6. The van der Waals surface area contributed by atoms with Crippen molar-refractivity contribution in [2.24, 2.45) is 17.8 Å². The van der Waals surface area contributed by atoms with Crippen LogP contribution in [0.3, 0.4) is 0 Å². The average Bonchev–Trinajstić information content (AvgIpc) is 3.40. The van der Waals surface area contributed by atoms with Crippen LogP contribution in [0.2, 0.25) is 0 Å². The third-order valence-electron chi connectivity index (χ3n) is 5.89. The molecule has 11 nitrogen and oxygen atoms in total. The summed E-state index contributed by atoms with van der Waals surface area (Å²) in [7, 11) is 0. The number of hydrogen-bond donors (Lipinski definition) is 4. The molecule has 0 aromatic rings. The summed E-state index contributed by atoms with van der Waals surface area (Å²) < 4.78 is 10.1. The van der Waals surface area contributed by atoms with Crippen molar-refractivity contribution in [3.05, 3.63) is 0 Å². The van der Waals surface area contributed by atoms with E-state index in [1.807, 2.05) is 13.8 Å². The maximum absolute atomic E-state index is 12.5. The normalized spacial score (nSPS) is 26.5. The lowest BCUT2D eigenvalue weighted by Crippen LogP contribution is -2.56. The van der Waals surface area contributed by atoms with Crippen molar-refractivity contribution in [1.82, 2.24) is 16.0 Å². The van der Waals surface area contributed by atoms with Gasteiger partial charge in [0.1, 0.15) is 23.6 Å². The fourth-order valence-corrected chi connectivity index (χ4v) is 3.65. The molecule has 7 unspecified atom stereocenters. The molecule has 0 aromatic heterocycles. The third-order valence-corrected chi connectivity index (χ3v) is 5.89. The van der Waals surface area contributed by atoms with Gasteiger partial charge >= 0.3 is 18.0 Å². The number of cyclic esters (lactones) is 1. The molecule has 0 radical (unpaired) electrons. The Balaban J connectivity index is 1.82. The standard InChI is InChI=1S/C22H35N3O8/c1-7-10(2)15-16(32-20(15)30)18(27)24-13-8-12(13)9-14(19(28)29)25-17(26)11(3)23-21(31)33-22(4,5)6/h10-16H,7-9H2,1-6H3,(H,23,31)(H,24,27)(H,25,26)(H,28,29). The topological polar surface area (TPSA) is 160 Å². The fraction of sp³-hybridized carbons (Fsp3) is 0.773. The van der Waals surface area contributed by atoms with Crippen LogP contribution in [0, 0.1) is 17.8 Å². The maximum Gasteiger partial charge on any atom is 0.408 e. The van der Waals surface area contributed by atoms with Crippen LogP contribution in [0.4, 0.5) is 4.79 Å². The molecule has 0 aromatic carbocycles. The van der Waals surface area contributed by atoms with Crippen LogP contribution >= 0.6 is 0 Å². The second-order valence-electron chi connectivity index (χ2n) is 9.88. The first-order valence-corrected chi connectivity index (χ1v) is 11.3. The smallest absolute Gasteiger partial charge is 0.408 e. The van der Waals surface area contributed by atoms with Gasteiger partial charge in [-0.25, -0.2) is 9.59 Å². The Morgan fingerprint density at radius 1 is 1.18 bits per heavy atom. The number of carbonyl (C=O) groups excluding carboxylic acids is 4. The van der Waals surface area contributed by atoms with Crippen LogP contribution in [-0.2, 0) is 28.7 Å². The minimum absolute atomic E-state index is 0.0277.